The van der Waals surface area contributed by atoms with Crippen LogP contribution in [0.2, 0.25) is 0 Å². The lowest BCUT2D eigenvalue weighted by atomic mass is 9.79. The normalized spacial score (nSPS) is 22.5. The monoisotopic (exact) mass is 385 g/mol. The van der Waals surface area contributed by atoms with Crippen LogP contribution in [-0.2, 0) is 15.4 Å². The van der Waals surface area contributed by atoms with Crippen LogP contribution in [0.4, 0.5) is 18.9 Å². The maximum Gasteiger partial charge on any atom is 0.390 e. The first-order chi connectivity index (χ1) is 9.35. The number of fused-ring (bicyclic) bond motifs is 1. The predicted octanol–water partition coefficient (Wildman–Crippen LogP) is 3.75. The second-order valence-corrected chi connectivity index (χ2v) is 8.45. The molecule has 1 unspecified atom stereocenters. The molecule has 0 bridgehead atoms. The summed E-state index contributed by atoms with van der Waals surface area (Å²) in [6, 6.07) is 3.21. The lowest BCUT2D eigenvalue weighted by Crippen LogP contribution is -2.37. The fourth-order valence-corrected chi connectivity index (χ4v) is 4.36. The average molecular weight is 386 g/mol. The lowest BCUT2D eigenvalue weighted by Gasteiger charge is -2.27. The molecule has 0 aliphatic carbocycles. The second kappa shape index (κ2) is 4.87. The fourth-order valence-electron chi connectivity index (χ4n) is 3.01. The molecule has 118 valence electrons. The minimum absolute atomic E-state index is 0.196. The highest BCUT2D eigenvalue weighted by molar-refractivity contribution is 9.10. The number of anilines is 1. The highest BCUT2D eigenvalue weighted by Gasteiger charge is 2.49. The first-order valence-electron chi connectivity index (χ1n) is 6.19. The number of hydrogen-bond acceptors (Lipinski definition) is 2. The van der Waals surface area contributed by atoms with Crippen molar-refractivity contribution in [1.82, 2.24) is 0 Å². The smallest absolute Gasteiger partial charge is 0.269 e. The van der Waals surface area contributed by atoms with E-state index in [4.69, 9.17) is 0 Å². The van der Waals surface area contributed by atoms with Crippen molar-refractivity contribution in [2.75, 3.05) is 17.1 Å². The summed E-state index contributed by atoms with van der Waals surface area (Å²) in [7, 11) is -3.62. The quantitative estimate of drug-likeness (QED) is 0.777. The van der Waals surface area contributed by atoms with Crippen LogP contribution in [-0.4, -0.2) is 27.4 Å². The molecule has 8 heteroatoms. The third-order valence-corrected chi connectivity index (χ3v) is 5.72. The molecule has 0 radical (unpaired) electrons. The predicted molar refractivity (Wildman–Crippen MR) is 79.1 cm³/mol. The Labute approximate surface area is 130 Å². The molecule has 0 saturated carbocycles. The Morgan fingerprint density at radius 1 is 1.38 bits per heavy atom. The summed E-state index contributed by atoms with van der Waals surface area (Å²) in [6.45, 7) is 2.96. The van der Waals surface area contributed by atoms with Gasteiger partial charge >= 0.3 is 6.18 Å². The Hall–Kier alpha value is -0.760. The molecule has 0 spiro atoms. The summed E-state index contributed by atoms with van der Waals surface area (Å²) in [5.41, 5.74) is 0.139. The number of alkyl halides is 3. The molecular formula is C13H15BrF3NO2S. The summed E-state index contributed by atoms with van der Waals surface area (Å²) in [6.07, 6.45) is -4.42. The van der Waals surface area contributed by atoms with E-state index in [-0.39, 0.29) is 6.54 Å². The Morgan fingerprint density at radius 2 is 1.95 bits per heavy atom. The summed E-state index contributed by atoms with van der Waals surface area (Å²) in [5, 5.41) is 0. The van der Waals surface area contributed by atoms with Gasteiger partial charge in [0.15, 0.2) is 0 Å². The minimum Gasteiger partial charge on any atom is -0.269 e. The lowest BCUT2D eigenvalue weighted by molar-refractivity contribution is -0.145. The fraction of sp³-hybridized carbons (Fsp3) is 0.538. The van der Waals surface area contributed by atoms with E-state index in [2.05, 4.69) is 15.9 Å². The third-order valence-electron chi connectivity index (χ3n) is 3.73. The second-order valence-electron chi connectivity index (χ2n) is 5.69. The zero-order valence-corrected chi connectivity index (χ0v) is 14.2. The van der Waals surface area contributed by atoms with E-state index in [1.54, 1.807) is 19.1 Å². The molecule has 21 heavy (non-hydrogen) atoms. The number of benzene rings is 1. The number of rotatable bonds is 2. The van der Waals surface area contributed by atoms with E-state index in [1.165, 1.54) is 6.92 Å². The van der Waals surface area contributed by atoms with Gasteiger partial charge in [0.05, 0.1) is 18.4 Å². The molecule has 1 aromatic rings. The van der Waals surface area contributed by atoms with Crippen molar-refractivity contribution in [1.29, 1.82) is 0 Å². The molecule has 1 aliphatic heterocycles. The maximum atomic E-state index is 12.9. The van der Waals surface area contributed by atoms with E-state index in [1.807, 2.05) is 0 Å². The van der Waals surface area contributed by atoms with Crippen LogP contribution in [0.15, 0.2) is 16.6 Å². The maximum absolute atomic E-state index is 12.9. The third kappa shape index (κ3) is 3.06. The van der Waals surface area contributed by atoms with Crippen molar-refractivity contribution in [2.24, 2.45) is 0 Å². The molecule has 1 aliphatic rings. The molecule has 3 nitrogen and oxygen atoms in total. The van der Waals surface area contributed by atoms with Crippen LogP contribution < -0.4 is 4.31 Å². The van der Waals surface area contributed by atoms with Crippen molar-refractivity contribution in [3.8, 4) is 0 Å². The zero-order chi connectivity index (χ0) is 16.2. The van der Waals surface area contributed by atoms with Crippen LogP contribution in [0.5, 0.6) is 0 Å². The number of sulfonamides is 1. The molecule has 0 amide bonds. The first-order valence-corrected chi connectivity index (χ1v) is 8.83. The molecule has 1 heterocycles. The topological polar surface area (TPSA) is 37.4 Å². The minimum atomic E-state index is -4.37. The molecular weight excluding hydrogens is 371 g/mol. The van der Waals surface area contributed by atoms with Crippen molar-refractivity contribution in [3.05, 3.63) is 27.7 Å². The van der Waals surface area contributed by atoms with Gasteiger partial charge in [-0.15, -0.1) is 0 Å². The Balaban J connectivity index is 2.68. The summed E-state index contributed by atoms with van der Waals surface area (Å²) < 4.78 is 64.3. The van der Waals surface area contributed by atoms with Gasteiger partial charge in [-0.1, -0.05) is 22.9 Å². The van der Waals surface area contributed by atoms with Gasteiger partial charge < -0.3 is 0 Å². The van der Waals surface area contributed by atoms with Crippen LogP contribution in [0.3, 0.4) is 0 Å². The van der Waals surface area contributed by atoms with Gasteiger partial charge in [-0.25, -0.2) is 8.42 Å². The molecule has 0 N–H and O–H groups in total. The molecule has 0 saturated heterocycles. The van der Waals surface area contributed by atoms with E-state index < -0.39 is 28.0 Å². The van der Waals surface area contributed by atoms with Crippen molar-refractivity contribution in [2.45, 2.75) is 31.9 Å². The van der Waals surface area contributed by atoms with Gasteiger partial charge in [0.25, 0.3) is 0 Å². The number of nitrogens with zero attached hydrogens (tertiary/aromatic N) is 1. The summed E-state index contributed by atoms with van der Waals surface area (Å²) in [4.78, 5) is 0. The highest BCUT2D eigenvalue weighted by Crippen LogP contribution is 2.49. The first kappa shape index (κ1) is 16.6. The SMILES string of the molecule is Cc1c(Br)ccc2c1C(C)(CC(F)(F)F)CN2S(C)(=O)=O. The van der Waals surface area contributed by atoms with Crippen molar-refractivity contribution in [3.63, 3.8) is 0 Å². The summed E-state index contributed by atoms with van der Waals surface area (Å²) >= 11 is 3.30. The van der Waals surface area contributed by atoms with Gasteiger partial charge in [0, 0.05) is 16.4 Å². The number of hydrogen-bond donors (Lipinski definition) is 0. The van der Waals surface area contributed by atoms with Crippen LogP contribution in [0.25, 0.3) is 0 Å². The Kier molecular flexibility index (Phi) is 3.85. The van der Waals surface area contributed by atoms with E-state index >= 15 is 0 Å². The van der Waals surface area contributed by atoms with Gasteiger partial charge in [-0.05, 0) is 30.2 Å². The molecule has 0 aromatic heterocycles. The van der Waals surface area contributed by atoms with Crippen molar-refractivity contribution < 1.29 is 21.6 Å². The number of halogens is 4. The zero-order valence-electron chi connectivity index (χ0n) is 11.8. The van der Waals surface area contributed by atoms with Gasteiger partial charge in [-0.3, -0.25) is 4.31 Å². The Morgan fingerprint density at radius 3 is 2.43 bits per heavy atom. The van der Waals surface area contributed by atoms with Crippen LogP contribution in [0, 0.1) is 6.92 Å². The molecule has 1 atom stereocenters. The van der Waals surface area contributed by atoms with E-state index in [0.29, 0.717) is 21.3 Å². The highest BCUT2D eigenvalue weighted by atomic mass is 79.9. The van der Waals surface area contributed by atoms with Gasteiger partial charge in [0.1, 0.15) is 0 Å². The molecule has 0 fully saturated rings. The van der Waals surface area contributed by atoms with Gasteiger partial charge in [-0.2, -0.15) is 13.2 Å². The van der Waals surface area contributed by atoms with Crippen LogP contribution in [0.1, 0.15) is 24.5 Å². The van der Waals surface area contributed by atoms with Crippen molar-refractivity contribution >= 4 is 31.6 Å². The van der Waals surface area contributed by atoms with Gasteiger partial charge in [0.2, 0.25) is 10.0 Å². The molecule has 1 aromatic carbocycles. The summed E-state index contributed by atoms with van der Waals surface area (Å²) in [5.74, 6) is 0. The molecule has 2 rings (SSSR count). The van der Waals surface area contributed by atoms with E-state index in [9.17, 15) is 21.6 Å². The van der Waals surface area contributed by atoms with Crippen LogP contribution >= 0.6 is 15.9 Å². The van der Waals surface area contributed by atoms with E-state index in [0.717, 1.165) is 10.6 Å². The average Bonchev–Trinajstić information content (AvgIpc) is 2.54. The Bertz CT molecular complexity index is 687. The standard InChI is InChI=1S/C13H15BrF3NO2S/c1-8-9(14)4-5-10-11(8)12(2,6-13(15,16)17)7-18(10)21(3,19)20/h4-5H,6-7H2,1-3H3. The largest absolute Gasteiger partial charge is 0.390 e.